The van der Waals surface area contributed by atoms with Gasteiger partial charge in [-0.15, -0.1) is 0 Å². The maximum Gasteiger partial charge on any atom is 0.416 e. The van der Waals surface area contributed by atoms with Crippen molar-refractivity contribution < 1.29 is 22.7 Å². The zero-order chi connectivity index (χ0) is 19.9. The Balaban J connectivity index is 1.73. The Kier molecular flexibility index (Phi) is 4.79. The number of methoxy groups -OCH3 is 1. The lowest BCUT2D eigenvalue weighted by molar-refractivity contribution is -0.137. The summed E-state index contributed by atoms with van der Waals surface area (Å²) in [7, 11) is 1.29. The second kappa shape index (κ2) is 7.13. The van der Waals surface area contributed by atoms with Crippen molar-refractivity contribution in [3.63, 3.8) is 0 Å². The molecule has 0 amide bonds. The van der Waals surface area contributed by atoms with Gasteiger partial charge in [-0.05, 0) is 47.7 Å². The van der Waals surface area contributed by atoms with Crippen LogP contribution in [-0.2, 0) is 10.9 Å². The Morgan fingerprint density at radius 2 is 1.71 bits per heavy atom. The van der Waals surface area contributed by atoms with Crippen LogP contribution in [0.2, 0.25) is 0 Å². The highest BCUT2D eigenvalue weighted by Crippen LogP contribution is 2.40. The van der Waals surface area contributed by atoms with Crippen molar-refractivity contribution in [1.82, 2.24) is 5.32 Å². The molecule has 28 heavy (non-hydrogen) atoms. The Bertz CT molecular complexity index is 868. The van der Waals surface area contributed by atoms with Gasteiger partial charge in [-0.25, -0.2) is 4.79 Å². The van der Waals surface area contributed by atoms with E-state index in [0.717, 1.165) is 37.9 Å². The van der Waals surface area contributed by atoms with E-state index in [1.165, 1.54) is 13.2 Å². The number of hydrogen-bond acceptors (Lipinski definition) is 4. The second-order valence-corrected chi connectivity index (χ2v) is 7.38. The van der Waals surface area contributed by atoms with Gasteiger partial charge in [0.25, 0.3) is 0 Å². The van der Waals surface area contributed by atoms with Gasteiger partial charge in [-0.3, -0.25) is 0 Å². The molecule has 1 N–H and O–H groups in total. The standard InChI is InChI=1S/C21H21F3N2O2/c1-28-20(27)14-4-2-13(3-5-14)18-8-17(21(22,23)24)6-7-19(18)26-11-15-9-25-10-16(15)12-26/h2-8,15-16,25H,9-12H2,1H3/t15-,16+. The third-order valence-electron chi connectivity index (χ3n) is 5.67. The van der Waals surface area contributed by atoms with E-state index in [2.05, 4.69) is 10.2 Å². The van der Waals surface area contributed by atoms with E-state index in [4.69, 9.17) is 4.74 Å². The van der Waals surface area contributed by atoms with Crippen molar-refractivity contribution in [3.05, 3.63) is 53.6 Å². The molecule has 2 aliphatic heterocycles. The van der Waals surface area contributed by atoms with Crippen LogP contribution in [0.15, 0.2) is 42.5 Å². The van der Waals surface area contributed by atoms with Gasteiger partial charge >= 0.3 is 12.1 Å². The Morgan fingerprint density at radius 3 is 2.29 bits per heavy atom. The molecule has 0 aromatic heterocycles. The quantitative estimate of drug-likeness (QED) is 0.810. The van der Waals surface area contributed by atoms with Gasteiger partial charge in [0.15, 0.2) is 0 Å². The molecule has 2 heterocycles. The number of nitrogens with one attached hydrogen (secondary N) is 1. The molecule has 4 nitrogen and oxygen atoms in total. The molecule has 0 saturated carbocycles. The average Bonchev–Trinajstić information content (AvgIpc) is 3.28. The fourth-order valence-electron chi connectivity index (χ4n) is 4.18. The normalized spacial score (nSPS) is 21.6. The van der Waals surface area contributed by atoms with Gasteiger partial charge < -0.3 is 15.0 Å². The average molecular weight is 390 g/mol. The number of esters is 1. The van der Waals surface area contributed by atoms with E-state index in [-0.39, 0.29) is 0 Å². The van der Waals surface area contributed by atoms with Crippen molar-refractivity contribution in [2.24, 2.45) is 11.8 Å². The summed E-state index contributed by atoms with van der Waals surface area (Å²) in [6, 6.07) is 10.4. The molecule has 2 aromatic rings. The number of halogens is 3. The molecule has 2 saturated heterocycles. The van der Waals surface area contributed by atoms with Crippen LogP contribution in [0.3, 0.4) is 0 Å². The first-order valence-corrected chi connectivity index (χ1v) is 9.22. The van der Waals surface area contributed by atoms with E-state index in [1.807, 2.05) is 0 Å². The lowest BCUT2D eigenvalue weighted by Crippen LogP contribution is -2.26. The van der Waals surface area contributed by atoms with Crippen molar-refractivity contribution >= 4 is 11.7 Å². The molecule has 7 heteroatoms. The summed E-state index contributed by atoms with van der Waals surface area (Å²) in [6.45, 7) is 3.56. The molecule has 0 bridgehead atoms. The molecule has 4 rings (SSSR count). The molecule has 148 valence electrons. The molecular weight excluding hydrogens is 369 g/mol. The number of anilines is 1. The van der Waals surface area contributed by atoms with E-state index in [1.54, 1.807) is 30.3 Å². The summed E-state index contributed by atoms with van der Waals surface area (Å²) >= 11 is 0. The van der Waals surface area contributed by atoms with Crippen molar-refractivity contribution in [3.8, 4) is 11.1 Å². The number of hydrogen-bond donors (Lipinski definition) is 1. The number of alkyl halides is 3. The highest BCUT2D eigenvalue weighted by molar-refractivity contribution is 5.90. The highest BCUT2D eigenvalue weighted by atomic mass is 19.4. The minimum atomic E-state index is -4.41. The Hall–Kier alpha value is -2.54. The van der Waals surface area contributed by atoms with Crippen LogP contribution in [0.5, 0.6) is 0 Å². The number of carbonyl (C=O) groups excluding carboxylic acids is 1. The third kappa shape index (κ3) is 3.46. The van der Waals surface area contributed by atoms with Crippen molar-refractivity contribution in [1.29, 1.82) is 0 Å². The van der Waals surface area contributed by atoms with Crippen LogP contribution < -0.4 is 10.2 Å². The third-order valence-corrected chi connectivity index (χ3v) is 5.67. The second-order valence-electron chi connectivity index (χ2n) is 7.38. The van der Waals surface area contributed by atoms with Gasteiger partial charge in [0.2, 0.25) is 0 Å². The fraction of sp³-hybridized carbons (Fsp3) is 0.381. The Morgan fingerprint density at radius 1 is 1.07 bits per heavy atom. The maximum atomic E-state index is 13.3. The number of carbonyl (C=O) groups is 1. The summed E-state index contributed by atoms with van der Waals surface area (Å²) in [5.74, 6) is 0.573. The van der Waals surface area contributed by atoms with Crippen molar-refractivity contribution in [2.45, 2.75) is 6.18 Å². The van der Waals surface area contributed by atoms with Gasteiger partial charge in [-0.2, -0.15) is 13.2 Å². The molecule has 2 aromatic carbocycles. The van der Waals surface area contributed by atoms with Crippen molar-refractivity contribution in [2.75, 3.05) is 38.2 Å². The largest absolute Gasteiger partial charge is 0.465 e. The molecule has 2 aliphatic rings. The summed E-state index contributed by atoms with van der Waals surface area (Å²) in [5.41, 5.74) is 1.65. The Labute approximate surface area is 161 Å². The van der Waals surface area contributed by atoms with Crippen LogP contribution in [-0.4, -0.2) is 39.3 Å². The molecular formula is C21H21F3N2O2. The van der Waals surface area contributed by atoms with Gasteiger partial charge in [-0.1, -0.05) is 12.1 Å². The number of rotatable bonds is 3. The number of fused-ring (bicyclic) bond motifs is 1. The number of benzene rings is 2. The van der Waals surface area contributed by atoms with Gasteiger partial charge in [0.1, 0.15) is 0 Å². The van der Waals surface area contributed by atoms with Crippen LogP contribution in [0.4, 0.5) is 18.9 Å². The monoisotopic (exact) mass is 390 g/mol. The fourth-order valence-corrected chi connectivity index (χ4v) is 4.18. The predicted octanol–water partition coefficient (Wildman–Crippen LogP) is 3.81. The summed E-state index contributed by atoms with van der Waals surface area (Å²) in [6.07, 6.45) is -4.41. The summed E-state index contributed by atoms with van der Waals surface area (Å²) < 4.78 is 44.6. The first kappa shape index (κ1) is 18.8. The lowest BCUT2D eigenvalue weighted by atomic mass is 9.98. The topological polar surface area (TPSA) is 41.6 Å². The van der Waals surface area contributed by atoms with Crippen LogP contribution in [0.25, 0.3) is 11.1 Å². The van der Waals surface area contributed by atoms with E-state index >= 15 is 0 Å². The first-order chi connectivity index (χ1) is 13.4. The van der Waals surface area contributed by atoms with Gasteiger partial charge in [0.05, 0.1) is 18.2 Å². The molecule has 2 atom stereocenters. The zero-order valence-electron chi connectivity index (χ0n) is 15.4. The van der Waals surface area contributed by atoms with Gasteiger partial charge in [0, 0.05) is 37.4 Å². The SMILES string of the molecule is COC(=O)c1ccc(-c2cc(C(F)(F)F)ccc2N2C[C@H]3CNC[C@H]3C2)cc1. The van der Waals surface area contributed by atoms with Crippen LogP contribution in [0.1, 0.15) is 15.9 Å². The van der Waals surface area contributed by atoms with Crippen LogP contribution in [0, 0.1) is 11.8 Å². The molecule has 0 unspecified atom stereocenters. The molecule has 0 aliphatic carbocycles. The van der Waals surface area contributed by atoms with Crippen LogP contribution >= 0.6 is 0 Å². The molecule has 2 fully saturated rings. The lowest BCUT2D eigenvalue weighted by Gasteiger charge is -2.24. The number of nitrogens with zero attached hydrogens (tertiary/aromatic N) is 1. The summed E-state index contributed by atoms with van der Waals surface area (Å²) in [4.78, 5) is 13.8. The zero-order valence-corrected chi connectivity index (χ0v) is 15.4. The minimum Gasteiger partial charge on any atom is -0.465 e. The van der Waals surface area contributed by atoms with E-state index in [9.17, 15) is 18.0 Å². The smallest absolute Gasteiger partial charge is 0.416 e. The minimum absolute atomic E-state index is 0.363. The molecule has 0 radical (unpaired) electrons. The number of ether oxygens (including phenoxy) is 1. The maximum absolute atomic E-state index is 13.3. The highest BCUT2D eigenvalue weighted by Gasteiger charge is 2.37. The van der Waals surface area contributed by atoms with E-state index < -0.39 is 17.7 Å². The summed E-state index contributed by atoms with van der Waals surface area (Å²) in [5, 5.41) is 3.37. The van der Waals surface area contributed by atoms with E-state index in [0.29, 0.717) is 28.5 Å². The molecule has 0 spiro atoms. The predicted molar refractivity (Wildman–Crippen MR) is 100 cm³/mol. The first-order valence-electron chi connectivity index (χ1n) is 9.22.